The van der Waals surface area contributed by atoms with E-state index in [-0.39, 0.29) is 39.8 Å². The maximum Gasteiger partial charge on any atom is 0.323 e. The summed E-state index contributed by atoms with van der Waals surface area (Å²) >= 11 is 25.6. The fourth-order valence-electron chi connectivity index (χ4n) is 6.47. The van der Waals surface area contributed by atoms with Crippen molar-refractivity contribution in [1.82, 2.24) is 15.5 Å². The molecule has 0 saturated carbocycles. The zero-order valence-corrected chi connectivity index (χ0v) is 38.2. The molecule has 59 heavy (non-hydrogen) atoms. The van der Waals surface area contributed by atoms with E-state index in [1.54, 1.807) is 14.1 Å². The highest BCUT2D eigenvalue weighted by Crippen LogP contribution is 2.64. The number of halogens is 7. The van der Waals surface area contributed by atoms with Gasteiger partial charge >= 0.3 is 6.03 Å². The fourth-order valence-corrected chi connectivity index (χ4v) is 16.3. The molecule has 14 heteroatoms. The highest BCUT2D eigenvalue weighted by molar-refractivity contribution is 7.99. The maximum atomic E-state index is 13.1. The summed E-state index contributed by atoms with van der Waals surface area (Å²) in [5.41, 5.74) is 0.838. The van der Waals surface area contributed by atoms with Gasteiger partial charge in [0.1, 0.15) is 31.8 Å². The standard InChI is InChI=1S/C23H21Cl2N2OP.C22H17Cl2FNOP.2ClH/c1-27(2)23(28)26-22(21(24)25)29(18-12-6-3-7-13-18,19-14-8-4-9-15-19)20-16-10-5-11-17-20;23-21(24)22(26-20(27)16-25)28(17-10-4-1-5-11-17,18-12-6-2-7-13-18)19-14-8-3-9-15-19;;/h3-17H,1-2H3;1-15H,16H2;2*1H. The zero-order valence-electron chi connectivity index (χ0n) is 31.8. The second kappa shape index (κ2) is 23.8. The first kappa shape index (κ1) is 49.4. The van der Waals surface area contributed by atoms with Gasteiger partial charge in [0, 0.05) is 14.1 Å². The lowest BCUT2D eigenvalue weighted by atomic mass is 10.4. The van der Waals surface area contributed by atoms with Crippen molar-refractivity contribution in [2.45, 2.75) is 0 Å². The van der Waals surface area contributed by atoms with Crippen LogP contribution in [0.15, 0.2) is 202 Å². The largest absolute Gasteiger partial charge is 1.00 e. The van der Waals surface area contributed by atoms with Crippen LogP contribution in [0, 0.1) is 0 Å². The molecule has 0 unspecified atom stereocenters. The quantitative estimate of drug-likeness (QED) is 0.196. The van der Waals surface area contributed by atoms with Gasteiger partial charge in [0.15, 0.2) is 30.2 Å². The summed E-state index contributed by atoms with van der Waals surface area (Å²) in [5.74, 6) is -0.791. The molecule has 0 aliphatic rings. The lowest BCUT2D eigenvalue weighted by molar-refractivity contribution is -0.121. The lowest BCUT2D eigenvalue weighted by Crippen LogP contribution is -3.00. The minimum atomic E-state index is -2.67. The van der Waals surface area contributed by atoms with Crippen LogP contribution in [0.4, 0.5) is 9.18 Å². The van der Waals surface area contributed by atoms with Crippen LogP contribution in [0.1, 0.15) is 0 Å². The molecule has 0 atom stereocenters. The molecule has 6 rings (SSSR count). The zero-order chi connectivity index (χ0) is 40.8. The predicted molar refractivity (Wildman–Crippen MR) is 244 cm³/mol. The number of hydrogen-bond donors (Lipinski definition) is 2. The van der Waals surface area contributed by atoms with Crippen LogP contribution < -0.4 is 67.3 Å². The van der Waals surface area contributed by atoms with Crippen molar-refractivity contribution < 1.29 is 38.8 Å². The Morgan fingerprint density at radius 2 is 0.678 bits per heavy atom. The van der Waals surface area contributed by atoms with Gasteiger partial charge in [-0.25, -0.2) is 9.18 Å². The van der Waals surface area contributed by atoms with Crippen molar-refractivity contribution in [1.29, 1.82) is 0 Å². The number of hydrogen-bond acceptors (Lipinski definition) is 2. The molecule has 0 radical (unpaired) electrons. The summed E-state index contributed by atoms with van der Waals surface area (Å²) in [5, 5.41) is 11.6. The van der Waals surface area contributed by atoms with Gasteiger partial charge in [0.05, 0.1) is 0 Å². The lowest BCUT2D eigenvalue weighted by Gasteiger charge is -2.30. The summed E-state index contributed by atoms with van der Waals surface area (Å²) in [6.45, 7) is -1.16. The van der Waals surface area contributed by atoms with Crippen molar-refractivity contribution in [3.8, 4) is 0 Å². The van der Waals surface area contributed by atoms with Gasteiger partial charge in [-0.1, -0.05) is 156 Å². The number of benzene rings is 6. The Bertz CT molecular complexity index is 2090. The summed E-state index contributed by atoms with van der Waals surface area (Å²) in [7, 11) is -1.86. The number of nitrogens with one attached hydrogen (secondary N) is 2. The van der Waals surface area contributed by atoms with Gasteiger partial charge in [-0.15, -0.1) is 0 Å². The number of rotatable bonds is 11. The molecule has 306 valence electrons. The molecule has 0 saturated heterocycles. The van der Waals surface area contributed by atoms with Crippen LogP contribution in [0.5, 0.6) is 0 Å². The molecule has 5 nitrogen and oxygen atoms in total. The Morgan fingerprint density at radius 1 is 0.458 bits per heavy atom. The number of nitrogens with zero attached hydrogens (tertiary/aromatic N) is 1. The van der Waals surface area contributed by atoms with E-state index in [0.717, 1.165) is 31.8 Å². The van der Waals surface area contributed by atoms with E-state index in [1.807, 2.05) is 146 Å². The molecule has 0 heterocycles. The van der Waals surface area contributed by atoms with Gasteiger partial charge in [-0.2, -0.15) is 0 Å². The first-order chi connectivity index (χ1) is 27.6. The van der Waals surface area contributed by atoms with Gasteiger partial charge in [0.2, 0.25) is 10.9 Å². The molecule has 0 spiro atoms. The first-order valence-electron chi connectivity index (χ1n) is 17.7. The van der Waals surface area contributed by atoms with Crippen LogP contribution in [0.25, 0.3) is 0 Å². The molecule has 0 aliphatic heterocycles. The molecule has 6 aromatic rings. The Kier molecular flexibility index (Phi) is 19.9. The minimum Gasteiger partial charge on any atom is -1.00 e. The van der Waals surface area contributed by atoms with E-state index in [2.05, 4.69) is 47.0 Å². The Labute approximate surface area is 379 Å². The predicted octanol–water partition coefficient (Wildman–Crippen LogP) is 3.53. The maximum absolute atomic E-state index is 13.1. The van der Waals surface area contributed by atoms with E-state index >= 15 is 0 Å². The molecule has 0 fully saturated rings. The van der Waals surface area contributed by atoms with Crippen LogP contribution in [-0.2, 0) is 4.79 Å². The highest BCUT2D eigenvalue weighted by Gasteiger charge is 2.53. The van der Waals surface area contributed by atoms with Crippen molar-refractivity contribution >= 4 is 105 Å². The molecule has 0 aromatic heterocycles. The topological polar surface area (TPSA) is 61.4 Å². The van der Waals surface area contributed by atoms with E-state index < -0.39 is 27.1 Å². The van der Waals surface area contributed by atoms with Crippen molar-refractivity contribution in [2.24, 2.45) is 0 Å². The summed E-state index contributed by atoms with van der Waals surface area (Å²) in [6.07, 6.45) is 0. The van der Waals surface area contributed by atoms with Crippen LogP contribution in [-0.4, -0.2) is 37.6 Å². The van der Waals surface area contributed by atoms with Gasteiger partial charge in [-0.05, 0) is 72.8 Å². The second-order valence-corrected chi connectivity index (χ2v) is 21.2. The first-order valence-corrected chi connectivity index (χ1v) is 22.7. The number of urea groups is 1. The second-order valence-electron chi connectivity index (χ2n) is 12.6. The molecular weight excluding hydrogens is 908 g/mol. The SMILES string of the molecule is CN(C)C(=O)NC(=C(Cl)Cl)[P+](c1ccccc1)(c1ccccc1)c1ccccc1.O=C(CF)NC(=C(Cl)Cl)[P+](c1ccccc1)(c1ccccc1)c1ccccc1.[Cl-].[Cl-]. The van der Waals surface area contributed by atoms with Gasteiger partial charge in [0.25, 0.3) is 5.91 Å². The molecule has 0 bridgehead atoms. The third-order valence-corrected chi connectivity index (χ3v) is 18.6. The normalized spacial score (nSPS) is 10.6. The van der Waals surface area contributed by atoms with Crippen LogP contribution >= 0.6 is 60.9 Å². The minimum absolute atomic E-state index is 0. The Balaban J connectivity index is 0.000000305. The van der Waals surface area contributed by atoms with E-state index in [0.29, 0.717) is 10.9 Å². The molecule has 0 aliphatic carbocycles. The highest BCUT2D eigenvalue weighted by atomic mass is 35.5. The average molecular weight is 948 g/mol. The van der Waals surface area contributed by atoms with Crippen LogP contribution in [0.3, 0.4) is 0 Å². The fraction of sp³-hybridized carbons (Fsp3) is 0.0667. The summed E-state index contributed by atoms with van der Waals surface area (Å²) in [6, 6.07) is 59.1. The van der Waals surface area contributed by atoms with Crippen molar-refractivity contribution in [2.75, 3.05) is 20.8 Å². The van der Waals surface area contributed by atoms with Crippen molar-refractivity contribution in [3.05, 3.63) is 202 Å². The molecule has 6 aromatic carbocycles. The van der Waals surface area contributed by atoms with Gasteiger partial charge < -0.3 is 29.7 Å². The number of alkyl halides is 1. The number of carbonyl (C=O) groups excluding carboxylic acids is 2. The third kappa shape index (κ3) is 11.3. The average Bonchev–Trinajstić information content (AvgIpc) is 3.25. The molecular formula is C45H40Cl6FN3O2P2. The number of amides is 3. The van der Waals surface area contributed by atoms with Crippen molar-refractivity contribution in [3.63, 3.8) is 0 Å². The molecule has 2 N–H and O–H groups in total. The Morgan fingerprint density at radius 3 is 0.864 bits per heavy atom. The number of carbonyl (C=O) groups is 2. The Hall–Kier alpha value is -3.93. The third-order valence-electron chi connectivity index (χ3n) is 8.90. The van der Waals surface area contributed by atoms with E-state index in [4.69, 9.17) is 46.4 Å². The smallest absolute Gasteiger partial charge is 0.323 e. The molecule has 3 amide bonds. The van der Waals surface area contributed by atoms with E-state index in [1.165, 1.54) is 4.90 Å². The van der Waals surface area contributed by atoms with Gasteiger partial charge in [-0.3, -0.25) is 15.4 Å². The van der Waals surface area contributed by atoms with Crippen LogP contribution in [0.2, 0.25) is 0 Å². The van der Waals surface area contributed by atoms with E-state index in [9.17, 15) is 14.0 Å². The summed E-state index contributed by atoms with van der Waals surface area (Å²) in [4.78, 5) is 26.2. The summed E-state index contributed by atoms with van der Waals surface area (Å²) < 4.78 is 13.1. The monoisotopic (exact) mass is 945 g/mol.